The molecule has 1 saturated heterocycles. The summed E-state index contributed by atoms with van der Waals surface area (Å²) in [4.78, 5) is 14.7. The predicted molar refractivity (Wildman–Crippen MR) is 102 cm³/mol. The molecule has 1 aromatic rings. The predicted octanol–water partition coefficient (Wildman–Crippen LogP) is 2.23. The summed E-state index contributed by atoms with van der Waals surface area (Å²) < 4.78 is 28.5. The van der Waals surface area contributed by atoms with Crippen LogP contribution in [0.1, 0.15) is 39.0 Å². The molecular weight excluding hydrogens is 352 g/mol. The van der Waals surface area contributed by atoms with E-state index in [0.717, 1.165) is 32.2 Å². The summed E-state index contributed by atoms with van der Waals surface area (Å²) in [6, 6.07) is 6.56. The fourth-order valence-corrected chi connectivity index (χ4v) is 4.04. The van der Waals surface area contributed by atoms with Crippen LogP contribution < -0.4 is 10.5 Å². The Labute approximate surface area is 156 Å². The Balaban J connectivity index is 1.71. The van der Waals surface area contributed by atoms with Crippen LogP contribution in [0.15, 0.2) is 29.2 Å². The topological polar surface area (TPSA) is 89.7 Å². The van der Waals surface area contributed by atoms with Gasteiger partial charge in [0.2, 0.25) is 5.91 Å². The van der Waals surface area contributed by atoms with Crippen LogP contribution in [0.4, 0.5) is 0 Å². The largest absolute Gasteiger partial charge is 0.494 e. The van der Waals surface area contributed by atoms with Crippen molar-refractivity contribution >= 4 is 15.7 Å². The van der Waals surface area contributed by atoms with E-state index >= 15 is 0 Å². The molecule has 1 aliphatic heterocycles. The number of carbonyl (C=O) groups is 1. The third-order valence-corrected chi connectivity index (χ3v) is 6.11. The van der Waals surface area contributed by atoms with Gasteiger partial charge in [-0.25, -0.2) is 8.42 Å². The first-order valence-electron chi connectivity index (χ1n) is 9.25. The first-order chi connectivity index (χ1) is 12.3. The molecule has 0 aromatic heterocycles. The van der Waals surface area contributed by atoms with Crippen molar-refractivity contribution in [2.24, 2.45) is 11.7 Å². The highest BCUT2D eigenvalue weighted by molar-refractivity contribution is 7.90. The van der Waals surface area contributed by atoms with Gasteiger partial charge in [-0.2, -0.15) is 0 Å². The zero-order chi connectivity index (χ0) is 19.2. The van der Waals surface area contributed by atoms with Crippen LogP contribution in [-0.2, 0) is 14.6 Å². The van der Waals surface area contributed by atoms with Crippen molar-refractivity contribution in [3.63, 3.8) is 0 Å². The Hall–Kier alpha value is -1.60. The molecule has 7 heteroatoms. The average molecular weight is 383 g/mol. The van der Waals surface area contributed by atoms with E-state index in [0.29, 0.717) is 31.2 Å². The fraction of sp³-hybridized carbons (Fsp3) is 0.632. The SMILES string of the molecule is C[C@H]1CCCN(C(=O)CCCCOc2ccc(S(C)(=O)=O)cc2)[C@H]1CN. The van der Waals surface area contributed by atoms with Crippen molar-refractivity contribution in [3.05, 3.63) is 24.3 Å². The van der Waals surface area contributed by atoms with Crippen molar-refractivity contribution in [2.45, 2.75) is 50.0 Å². The minimum absolute atomic E-state index is 0.167. The Morgan fingerprint density at radius 1 is 1.27 bits per heavy atom. The first kappa shape index (κ1) is 20.7. The van der Waals surface area contributed by atoms with E-state index in [-0.39, 0.29) is 16.8 Å². The van der Waals surface area contributed by atoms with Crippen LogP contribution >= 0.6 is 0 Å². The molecule has 2 atom stereocenters. The maximum absolute atomic E-state index is 12.5. The third kappa shape index (κ3) is 5.71. The Bertz CT molecular complexity index is 688. The molecule has 6 nitrogen and oxygen atoms in total. The lowest BCUT2D eigenvalue weighted by Crippen LogP contribution is -2.51. The van der Waals surface area contributed by atoms with Gasteiger partial charge in [-0.3, -0.25) is 4.79 Å². The molecule has 0 bridgehead atoms. The molecule has 26 heavy (non-hydrogen) atoms. The lowest BCUT2D eigenvalue weighted by atomic mass is 9.90. The van der Waals surface area contributed by atoms with E-state index in [1.165, 1.54) is 6.26 Å². The van der Waals surface area contributed by atoms with Gasteiger partial charge in [0.25, 0.3) is 0 Å². The second-order valence-corrected chi connectivity index (χ2v) is 9.07. The lowest BCUT2D eigenvalue weighted by Gasteiger charge is -2.39. The van der Waals surface area contributed by atoms with Gasteiger partial charge < -0.3 is 15.4 Å². The quantitative estimate of drug-likeness (QED) is 0.696. The van der Waals surface area contributed by atoms with E-state index in [2.05, 4.69) is 6.92 Å². The summed E-state index contributed by atoms with van der Waals surface area (Å²) in [5, 5.41) is 0. The molecular formula is C19H30N2O4S. The number of carbonyl (C=O) groups excluding carboxylic acids is 1. The summed E-state index contributed by atoms with van der Waals surface area (Å²) in [5.74, 6) is 1.29. The molecule has 2 rings (SSSR count). The molecule has 1 aliphatic rings. The normalized spacial score (nSPS) is 20.8. The van der Waals surface area contributed by atoms with E-state index in [4.69, 9.17) is 10.5 Å². The number of benzene rings is 1. The van der Waals surface area contributed by atoms with Gasteiger partial charge in [-0.15, -0.1) is 0 Å². The number of likely N-dealkylation sites (tertiary alicyclic amines) is 1. The van der Waals surface area contributed by atoms with Crippen molar-refractivity contribution in [3.8, 4) is 5.75 Å². The molecule has 0 unspecified atom stereocenters. The summed E-state index contributed by atoms with van der Waals surface area (Å²) in [6.45, 7) is 4.01. The molecule has 146 valence electrons. The average Bonchev–Trinajstić information content (AvgIpc) is 2.60. The maximum atomic E-state index is 12.5. The summed E-state index contributed by atoms with van der Waals surface area (Å²) in [6.07, 6.45) is 5.42. The van der Waals surface area contributed by atoms with Crippen LogP contribution in [-0.4, -0.2) is 51.2 Å². The Morgan fingerprint density at radius 2 is 1.96 bits per heavy atom. The monoisotopic (exact) mass is 382 g/mol. The van der Waals surface area contributed by atoms with Crippen LogP contribution in [0, 0.1) is 5.92 Å². The van der Waals surface area contributed by atoms with Gasteiger partial charge in [0, 0.05) is 31.8 Å². The number of hydrogen-bond donors (Lipinski definition) is 1. The van der Waals surface area contributed by atoms with E-state index in [1.807, 2.05) is 4.90 Å². The molecule has 0 radical (unpaired) electrons. The fourth-order valence-electron chi connectivity index (χ4n) is 3.41. The lowest BCUT2D eigenvalue weighted by molar-refractivity contribution is -0.136. The zero-order valence-electron chi connectivity index (χ0n) is 15.7. The molecule has 0 spiro atoms. The van der Waals surface area contributed by atoms with E-state index in [1.54, 1.807) is 24.3 Å². The maximum Gasteiger partial charge on any atom is 0.222 e. The molecule has 1 heterocycles. The van der Waals surface area contributed by atoms with Crippen LogP contribution in [0.2, 0.25) is 0 Å². The molecule has 2 N–H and O–H groups in total. The minimum atomic E-state index is -3.19. The van der Waals surface area contributed by atoms with Gasteiger partial charge in [0.15, 0.2) is 9.84 Å². The van der Waals surface area contributed by atoms with Crippen LogP contribution in [0.5, 0.6) is 5.75 Å². The van der Waals surface area contributed by atoms with Gasteiger partial charge in [0.05, 0.1) is 11.5 Å². The van der Waals surface area contributed by atoms with Gasteiger partial charge in [0.1, 0.15) is 5.75 Å². The molecule has 1 amide bonds. The van der Waals surface area contributed by atoms with Crippen LogP contribution in [0.3, 0.4) is 0 Å². The molecule has 0 aliphatic carbocycles. The minimum Gasteiger partial charge on any atom is -0.494 e. The number of sulfone groups is 1. The summed E-state index contributed by atoms with van der Waals surface area (Å²) >= 11 is 0. The number of nitrogens with zero attached hydrogens (tertiary/aromatic N) is 1. The Kier molecular flexibility index (Phi) is 7.46. The van der Waals surface area contributed by atoms with E-state index in [9.17, 15) is 13.2 Å². The van der Waals surface area contributed by atoms with Gasteiger partial charge >= 0.3 is 0 Å². The van der Waals surface area contributed by atoms with Gasteiger partial charge in [-0.1, -0.05) is 6.92 Å². The standard InChI is InChI=1S/C19H30N2O4S/c1-15-6-5-12-21(18(15)14-20)19(22)7-3-4-13-25-16-8-10-17(11-9-16)26(2,23)24/h8-11,15,18H,3-7,12-14,20H2,1-2H3/t15-,18-/m0/s1. The van der Waals surface area contributed by atoms with Crippen molar-refractivity contribution in [1.82, 2.24) is 4.90 Å². The Morgan fingerprint density at radius 3 is 2.58 bits per heavy atom. The van der Waals surface area contributed by atoms with Crippen LogP contribution in [0.25, 0.3) is 0 Å². The zero-order valence-corrected chi connectivity index (χ0v) is 16.5. The highest BCUT2D eigenvalue weighted by Crippen LogP contribution is 2.23. The highest BCUT2D eigenvalue weighted by Gasteiger charge is 2.30. The second-order valence-electron chi connectivity index (χ2n) is 7.06. The number of amides is 1. The van der Waals surface area contributed by atoms with Gasteiger partial charge in [-0.05, 0) is 55.9 Å². The number of rotatable bonds is 8. The summed E-state index contributed by atoms with van der Waals surface area (Å²) in [5.41, 5.74) is 5.85. The number of nitrogens with two attached hydrogens (primary N) is 1. The van der Waals surface area contributed by atoms with Crippen molar-refractivity contribution in [1.29, 1.82) is 0 Å². The van der Waals surface area contributed by atoms with Crippen molar-refractivity contribution < 1.29 is 17.9 Å². The number of ether oxygens (including phenoxy) is 1. The molecule has 1 fully saturated rings. The number of unbranched alkanes of at least 4 members (excludes halogenated alkanes) is 1. The number of hydrogen-bond acceptors (Lipinski definition) is 5. The smallest absolute Gasteiger partial charge is 0.222 e. The van der Waals surface area contributed by atoms with E-state index < -0.39 is 9.84 Å². The summed E-state index contributed by atoms with van der Waals surface area (Å²) in [7, 11) is -3.19. The third-order valence-electron chi connectivity index (χ3n) is 4.98. The highest BCUT2D eigenvalue weighted by atomic mass is 32.2. The van der Waals surface area contributed by atoms with Crippen molar-refractivity contribution in [2.75, 3.05) is 26.0 Å². The first-order valence-corrected chi connectivity index (χ1v) is 11.1. The second kappa shape index (κ2) is 9.37. The number of piperidine rings is 1. The molecule has 1 aromatic carbocycles. The molecule has 0 saturated carbocycles.